The normalized spacial score (nSPS) is 20.5. The van der Waals surface area contributed by atoms with Gasteiger partial charge in [0.2, 0.25) is 5.91 Å². The number of urea groups is 1. The number of carbonyl (C=O) groups excluding carboxylic acids is 2. The first-order valence-corrected chi connectivity index (χ1v) is 8.05. The smallest absolute Gasteiger partial charge is 0.317 e. The zero-order valence-electron chi connectivity index (χ0n) is 12.7. The van der Waals surface area contributed by atoms with Crippen molar-refractivity contribution in [3.05, 3.63) is 35.9 Å². The minimum atomic E-state index is -0.250. The quantitative estimate of drug-likeness (QED) is 0.893. The van der Waals surface area contributed by atoms with E-state index in [1.807, 2.05) is 18.2 Å². The summed E-state index contributed by atoms with van der Waals surface area (Å²) in [7, 11) is 0. The number of rotatable bonds is 4. The molecule has 3 rings (SSSR count). The molecule has 1 unspecified atom stereocenters. The lowest BCUT2D eigenvalue weighted by atomic mass is 9.96. The maximum absolute atomic E-state index is 12.5. The van der Waals surface area contributed by atoms with Crippen LogP contribution in [0.25, 0.3) is 0 Å². The molecule has 5 heteroatoms. The fourth-order valence-electron chi connectivity index (χ4n) is 3.15. The number of likely N-dealkylation sites (tertiary alicyclic amines) is 1. The minimum Gasteiger partial charge on any atom is -0.369 e. The topological polar surface area (TPSA) is 75.4 Å². The minimum absolute atomic E-state index is 0.0244. The van der Waals surface area contributed by atoms with Crippen LogP contribution in [-0.2, 0) is 4.79 Å². The summed E-state index contributed by atoms with van der Waals surface area (Å²) in [5.41, 5.74) is 6.51. The lowest BCUT2D eigenvalue weighted by Gasteiger charge is -2.32. The van der Waals surface area contributed by atoms with Crippen molar-refractivity contribution in [2.24, 2.45) is 17.6 Å². The van der Waals surface area contributed by atoms with Gasteiger partial charge in [-0.2, -0.15) is 0 Å². The summed E-state index contributed by atoms with van der Waals surface area (Å²) in [4.78, 5) is 25.5. The van der Waals surface area contributed by atoms with Gasteiger partial charge in [-0.1, -0.05) is 30.3 Å². The molecule has 3 amide bonds. The Morgan fingerprint density at radius 1 is 1.09 bits per heavy atom. The van der Waals surface area contributed by atoms with Crippen LogP contribution in [0.4, 0.5) is 4.79 Å². The second kappa shape index (κ2) is 6.38. The van der Waals surface area contributed by atoms with Crippen molar-refractivity contribution < 1.29 is 9.59 Å². The van der Waals surface area contributed by atoms with Gasteiger partial charge in [0.15, 0.2) is 0 Å². The highest BCUT2D eigenvalue weighted by Crippen LogP contribution is 2.41. The van der Waals surface area contributed by atoms with E-state index in [9.17, 15) is 9.59 Å². The summed E-state index contributed by atoms with van der Waals surface area (Å²) >= 11 is 0. The Balaban J connectivity index is 1.59. The van der Waals surface area contributed by atoms with Crippen molar-refractivity contribution >= 4 is 11.9 Å². The van der Waals surface area contributed by atoms with Crippen LogP contribution in [0.5, 0.6) is 0 Å². The van der Waals surface area contributed by atoms with Crippen molar-refractivity contribution in [3.8, 4) is 0 Å². The predicted molar refractivity (Wildman–Crippen MR) is 83.9 cm³/mol. The molecular weight excluding hydrogens is 278 g/mol. The molecule has 0 spiro atoms. The van der Waals surface area contributed by atoms with Crippen LogP contribution in [0.3, 0.4) is 0 Å². The van der Waals surface area contributed by atoms with Crippen LogP contribution in [0.1, 0.15) is 37.3 Å². The molecule has 1 aliphatic heterocycles. The number of benzene rings is 1. The molecule has 1 aliphatic carbocycles. The molecule has 0 aromatic heterocycles. The summed E-state index contributed by atoms with van der Waals surface area (Å²) in [5.74, 6) is 0.215. The molecule has 0 radical (unpaired) electrons. The Hall–Kier alpha value is -2.04. The number of hydrogen-bond acceptors (Lipinski definition) is 2. The van der Waals surface area contributed by atoms with Crippen molar-refractivity contribution in [3.63, 3.8) is 0 Å². The molecule has 1 aromatic rings. The van der Waals surface area contributed by atoms with E-state index in [0.29, 0.717) is 31.8 Å². The Morgan fingerprint density at radius 3 is 2.27 bits per heavy atom. The zero-order chi connectivity index (χ0) is 15.5. The molecule has 2 fully saturated rings. The Labute approximate surface area is 130 Å². The van der Waals surface area contributed by atoms with Gasteiger partial charge in [0, 0.05) is 19.0 Å². The second-order valence-corrected chi connectivity index (χ2v) is 6.34. The molecule has 5 nitrogen and oxygen atoms in total. The molecule has 1 atom stereocenters. The largest absolute Gasteiger partial charge is 0.369 e. The first kappa shape index (κ1) is 14.9. The number of carbonyl (C=O) groups is 2. The highest BCUT2D eigenvalue weighted by atomic mass is 16.2. The molecule has 1 aromatic carbocycles. The SMILES string of the molecule is NC(=O)C1CCN(C(=O)NC(c2ccccc2)C2CC2)CC1. The molecule has 1 saturated heterocycles. The van der Waals surface area contributed by atoms with Gasteiger partial charge in [-0.25, -0.2) is 4.79 Å². The van der Waals surface area contributed by atoms with Crippen molar-refractivity contribution in [1.29, 1.82) is 0 Å². The van der Waals surface area contributed by atoms with Crippen LogP contribution < -0.4 is 11.1 Å². The second-order valence-electron chi connectivity index (χ2n) is 6.34. The molecule has 22 heavy (non-hydrogen) atoms. The number of primary amides is 1. The van der Waals surface area contributed by atoms with Gasteiger partial charge in [0.25, 0.3) is 0 Å². The van der Waals surface area contributed by atoms with Gasteiger partial charge in [0.1, 0.15) is 0 Å². The van der Waals surface area contributed by atoms with E-state index in [0.717, 1.165) is 0 Å². The van der Waals surface area contributed by atoms with E-state index in [1.165, 1.54) is 18.4 Å². The molecule has 0 bridgehead atoms. The summed E-state index contributed by atoms with van der Waals surface area (Å²) < 4.78 is 0. The fourth-order valence-corrected chi connectivity index (χ4v) is 3.15. The number of nitrogens with two attached hydrogens (primary N) is 1. The number of nitrogens with one attached hydrogen (secondary N) is 1. The lowest BCUT2D eigenvalue weighted by molar-refractivity contribution is -0.123. The molecule has 2 aliphatic rings. The van der Waals surface area contributed by atoms with Crippen molar-refractivity contribution in [2.75, 3.05) is 13.1 Å². The molecule has 3 N–H and O–H groups in total. The highest BCUT2D eigenvalue weighted by molar-refractivity contribution is 5.78. The standard InChI is InChI=1S/C17H23N3O2/c18-16(21)14-8-10-20(11-9-14)17(22)19-15(13-6-7-13)12-4-2-1-3-5-12/h1-5,13-15H,6-11H2,(H2,18,21)(H,19,22). The number of hydrogen-bond donors (Lipinski definition) is 2. The number of amides is 3. The molecule has 118 valence electrons. The summed E-state index contributed by atoms with van der Waals surface area (Å²) in [5, 5.41) is 3.18. The van der Waals surface area contributed by atoms with Gasteiger partial charge in [-0.3, -0.25) is 4.79 Å². The third-order valence-corrected chi connectivity index (χ3v) is 4.72. The molecule has 1 saturated carbocycles. The first-order valence-electron chi connectivity index (χ1n) is 8.05. The lowest BCUT2D eigenvalue weighted by Crippen LogP contribution is -2.47. The molecule has 1 heterocycles. The van der Waals surface area contributed by atoms with Crippen molar-refractivity contribution in [2.45, 2.75) is 31.7 Å². The van der Waals surface area contributed by atoms with Crippen LogP contribution in [0.2, 0.25) is 0 Å². The van der Waals surface area contributed by atoms with Crippen LogP contribution in [0.15, 0.2) is 30.3 Å². The third kappa shape index (κ3) is 3.40. The van der Waals surface area contributed by atoms with Crippen molar-refractivity contribution in [1.82, 2.24) is 10.2 Å². The first-order chi connectivity index (χ1) is 10.6. The highest BCUT2D eigenvalue weighted by Gasteiger charge is 2.35. The maximum Gasteiger partial charge on any atom is 0.317 e. The van der Waals surface area contributed by atoms with Gasteiger partial charge < -0.3 is 16.0 Å². The van der Waals surface area contributed by atoms with E-state index in [2.05, 4.69) is 17.4 Å². The van der Waals surface area contributed by atoms with Crippen LogP contribution in [-0.4, -0.2) is 29.9 Å². The van der Waals surface area contributed by atoms with Gasteiger partial charge in [-0.05, 0) is 37.2 Å². The van der Waals surface area contributed by atoms with Crippen LogP contribution >= 0.6 is 0 Å². The maximum atomic E-state index is 12.5. The predicted octanol–water partition coefficient (Wildman–Crippen LogP) is 2.04. The van der Waals surface area contributed by atoms with Gasteiger partial charge in [0.05, 0.1) is 6.04 Å². The summed E-state index contributed by atoms with van der Waals surface area (Å²) in [6.07, 6.45) is 3.68. The molecular formula is C17H23N3O2. The van der Waals surface area contributed by atoms with E-state index in [-0.39, 0.29) is 23.9 Å². The van der Waals surface area contributed by atoms with E-state index in [4.69, 9.17) is 5.73 Å². The van der Waals surface area contributed by atoms with Crippen LogP contribution in [0, 0.1) is 11.8 Å². The van der Waals surface area contributed by atoms with E-state index >= 15 is 0 Å². The fraction of sp³-hybridized carbons (Fsp3) is 0.529. The summed E-state index contributed by atoms with van der Waals surface area (Å²) in [6.45, 7) is 1.21. The average Bonchev–Trinajstić information content (AvgIpc) is 3.38. The Bertz CT molecular complexity index is 534. The van der Waals surface area contributed by atoms with E-state index in [1.54, 1.807) is 4.90 Å². The van der Waals surface area contributed by atoms with E-state index < -0.39 is 0 Å². The van der Waals surface area contributed by atoms with Gasteiger partial charge in [-0.15, -0.1) is 0 Å². The summed E-state index contributed by atoms with van der Waals surface area (Å²) in [6, 6.07) is 10.2. The number of nitrogens with zero attached hydrogens (tertiary/aromatic N) is 1. The Morgan fingerprint density at radius 2 is 1.73 bits per heavy atom. The van der Waals surface area contributed by atoms with Gasteiger partial charge >= 0.3 is 6.03 Å². The average molecular weight is 301 g/mol. The third-order valence-electron chi connectivity index (χ3n) is 4.72. The monoisotopic (exact) mass is 301 g/mol. The number of piperidine rings is 1. The zero-order valence-corrected chi connectivity index (χ0v) is 12.7. The Kier molecular flexibility index (Phi) is 4.32.